The van der Waals surface area contributed by atoms with Crippen molar-refractivity contribution in [3.63, 3.8) is 0 Å². The molecule has 2 saturated carbocycles. The van der Waals surface area contributed by atoms with Crippen molar-refractivity contribution >= 4 is 11.7 Å². The first-order valence-electron chi connectivity index (χ1n) is 14.0. The number of amides is 1. The molecule has 1 N–H and O–H groups in total. The number of allylic oxidation sites excluding steroid dienone is 2. The lowest BCUT2D eigenvalue weighted by atomic mass is 9.67. The topological polar surface area (TPSA) is 85.1 Å². The summed E-state index contributed by atoms with van der Waals surface area (Å²) in [6.07, 6.45) is 10.9. The van der Waals surface area contributed by atoms with E-state index in [9.17, 15) is 9.59 Å². The minimum atomic E-state index is -0.561. The van der Waals surface area contributed by atoms with Crippen molar-refractivity contribution in [2.75, 3.05) is 0 Å². The summed E-state index contributed by atoms with van der Waals surface area (Å²) in [7, 11) is 0. The molecule has 2 aliphatic rings. The van der Waals surface area contributed by atoms with Crippen LogP contribution < -0.4 is 5.32 Å². The number of nitrogens with one attached hydrogen (secondary N) is 1. The van der Waals surface area contributed by atoms with E-state index < -0.39 is 5.41 Å². The van der Waals surface area contributed by atoms with Gasteiger partial charge in [-0.15, -0.1) is 0 Å². The highest BCUT2D eigenvalue weighted by Crippen LogP contribution is 2.42. The van der Waals surface area contributed by atoms with E-state index in [1.807, 2.05) is 30.3 Å². The first-order chi connectivity index (χ1) is 18.4. The van der Waals surface area contributed by atoms with Gasteiger partial charge in [0.1, 0.15) is 0 Å². The molecule has 1 amide bonds. The molecule has 1 atom stereocenters. The van der Waals surface area contributed by atoms with Crippen LogP contribution in [0.4, 0.5) is 0 Å². The smallest absolute Gasteiger partial charge is 0.257 e. The maximum absolute atomic E-state index is 13.9. The Kier molecular flexibility index (Phi) is 7.87. The molecule has 38 heavy (non-hydrogen) atoms. The third kappa shape index (κ3) is 5.64. The first kappa shape index (κ1) is 26.1. The summed E-state index contributed by atoms with van der Waals surface area (Å²) >= 11 is 0. The molecule has 0 radical (unpaired) electrons. The van der Waals surface area contributed by atoms with Gasteiger partial charge in [-0.05, 0) is 82.1 Å². The van der Waals surface area contributed by atoms with Gasteiger partial charge in [0, 0.05) is 17.2 Å². The Morgan fingerprint density at radius 1 is 1.00 bits per heavy atom. The van der Waals surface area contributed by atoms with E-state index >= 15 is 0 Å². The van der Waals surface area contributed by atoms with Crippen molar-refractivity contribution in [1.29, 1.82) is 0 Å². The maximum Gasteiger partial charge on any atom is 0.257 e. The molecular formula is C32H37N3O3. The van der Waals surface area contributed by atoms with Crippen LogP contribution in [0.25, 0.3) is 11.5 Å². The Labute approximate surface area is 224 Å². The maximum atomic E-state index is 13.9. The van der Waals surface area contributed by atoms with Gasteiger partial charge in [-0.3, -0.25) is 9.59 Å². The van der Waals surface area contributed by atoms with Gasteiger partial charge in [-0.2, -0.15) is 4.98 Å². The molecule has 1 heterocycles. The van der Waals surface area contributed by atoms with Crippen LogP contribution in [0.15, 0.2) is 70.8 Å². The molecule has 198 valence electrons. The molecule has 0 spiro atoms. The zero-order valence-corrected chi connectivity index (χ0v) is 22.4. The highest BCUT2D eigenvalue weighted by atomic mass is 16.5. The highest BCUT2D eigenvalue weighted by molar-refractivity contribution is 6.05. The number of nitrogens with zero attached hydrogens (tertiary/aromatic N) is 2. The monoisotopic (exact) mass is 511 g/mol. The fourth-order valence-electron chi connectivity index (χ4n) is 6.10. The summed E-state index contributed by atoms with van der Waals surface area (Å²) in [6, 6.07) is 17.6. The molecule has 3 aromatic rings. The fraction of sp³-hybridized carbons (Fsp3) is 0.438. The van der Waals surface area contributed by atoms with Crippen molar-refractivity contribution in [3.8, 4) is 11.5 Å². The number of carbonyl (C=O) groups is 2. The van der Waals surface area contributed by atoms with Gasteiger partial charge in [0.2, 0.25) is 5.91 Å². The molecule has 1 unspecified atom stereocenters. The van der Waals surface area contributed by atoms with Crippen LogP contribution >= 0.6 is 0 Å². The van der Waals surface area contributed by atoms with Crippen molar-refractivity contribution < 1.29 is 14.1 Å². The lowest BCUT2D eigenvalue weighted by Gasteiger charge is -2.39. The van der Waals surface area contributed by atoms with Gasteiger partial charge < -0.3 is 9.84 Å². The van der Waals surface area contributed by atoms with Gasteiger partial charge in [-0.1, -0.05) is 72.5 Å². The number of ketones is 1. The number of aromatic nitrogens is 2. The van der Waals surface area contributed by atoms with E-state index in [4.69, 9.17) is 4.52 Å². The third-order valence-corrected chi connectivity index (χ3v) is 8.50. The minimum absolute atomic E-state index is 0.0177. The Bertz CT molecular complexity index is 1280. The third-order valence-electron chi connectivity index (χ3n) is 8.50. The number of rotatable bonds is 7. The second-order valence-corrected chi connectivity index (χ2v) is 11.0. The largest absolute Gasteiger partial charge is 0.353 e. The highest BCUT2D eigenvalue weighted by Gasteiger charge is 2.43. The van der Waals surface area contributed by atoms with Crippen molar-refractivity contribution in [2.45, 2.75) is 83.1 Å². The standard InChI is InChI=1S/C32H37N3O3/c1-22(25-9-5-3-6-10-25)33-31(37)32(28-11-7-4-8-12-28)19-17-24(18-20-32)21-29(36)26-13-15-27(16-14-26)30-34-23(2)35-38-30/h4,7-8,11-16,21-22,25H,3,5-6,9-10,17-20H2,1-2H3,(H,33,37). The summed E-state index contributed by atoms with van der Waals surface area (Å²) in [5.74, 6) is 1.70. The Morgan fingerprint density at radius 2 is 1.68 bits per heavy atom. The average Bonchev–Trinajstić information content (AvgIpc) is 3.40. The zero-order chi connectivity index (χ0) is 26.5. The summed E-state index contributed by atoms with van der Waals surface area (Å²) < 4.78 is 5.22. The molecular weight excluding hydrogens is 474 g/mol. The van der Waals surface area contributed by atoms with E-state index in [-0.39, 0.29) is 17.7 Å². The molecule has 2 aromatic carbocycles. The average molecular weight is 512 g/mol. The minimum Gasteiger partial charge on any atom is -0.353 e. The second kappa shape index (κ2) is 11.5. The molecule has 2 fully saturated rings. The Hall–Kier alpha value is -3.54. The summed E-state index contributed by atoms with van der Waals surface area (Å²) in [5.41, 5.74) is 3.02. The van der Waals surface area contributed by atoms with Gasteiger partial charge in [0.15, 0.2) is 11.6 Å². The summed E-state index contributed by atoms with van der Waals surface area (Å²) in [5, 5.41) is 7.24. The van der Waals surface area contributed by atoms with E-state index in [2.05, 4.69) is 34.5 Å². The number of carbonyl (C=O) groups excluding carboxylic acids is 2. The van der Waals surface area contributed by atoms with Gasteiger partial charge >= 0.3 is 0 Å². The van der Waals surface area contributed by atoms with Crippen LogP contribution in [0.5, 0.6) is 0 Å². The van der Waals surface area contributed by atoms with Crippen molar-refractivity contribution in [2.24, 2.45) is 5.92 Å². The molecule has 5 rings (SSSR count). The van der Waals surface area contributed by atoms with Crippen LogP contribution in [0.3, 0.4) is 0 Å². The number of benzene rings is 2. The SMILES string of the molecule is Cc1noc(-c2ccc(C(=O)C=C3CCC(C(=O)NC(C)C4CCCCC4)(c4ccccc4)CC3)cc2)n1. The van der Waals surface area contributed by atoms with E-state index in [1.165, 1.54) is 32.1 Å². The fourth-order valence-corrected chi connectivity index (χ4v) is 6.10. The van der Waals surface area contributed by atoms with E-state index in [0.717, 1.165) is 29.5 Å². The van der Waals surface area contributed by atoms with E-state index in [0.29, 0.717) is 36.0 Å². The zero-order valence-electron chi connectivity index (χ0n) is 22.4. The molecule has 6 heteroatoms. The summed E-state index contributed by atoms with van der Waals surface area (Å²) in [6.45, 7) is 3.94. The second-order valence-electron chi connectivity index (χ2n) is 11.0. The molecule has 0 saturated heterocycles. The lowest BCUT2D eigenvalue weighted by Crippen LogP contribution is -2.50. The number of hydrogen-bond acceptors (Lipinski definition) is 5. The normalized spacial score (nSPS) is 21.1. The molecule has 0 aliphatic heterocycles. The quantitative estimate of drug-likeness (QED) is 0.280. The van der Waals surface area contributed by atoms with Crippen molar-refractivity contribution in [3.05, 3.63) is 83.2 Å². The summed E-state index contributed by atoms with van der Waals surface area (Å²) in [4.78, 5) is 31.1. The molecule has 0 bridgehead atoms. The molecule has 1 aromatic heterocycles. The van der Waals surface area contributed by atoms with Gasteiger partial charge in [-0.25, -0.2) is 0 Å². The van der Waals surface area contributed by atoms with Crippen LogP contribution in [0.1, 0.15) is 86.5 Å². The Balaban J connectivity index is 1.28. The predicted octanol–water partition coefficient (Wildman–Crippen LogP) is 6.75. The molecule has 6 nitrogen and oxygen atoms in total. The predicted molar refractivity (Wildman–Crippen MR) is 148 cm³/mol. The van der Waals surface area contributed by atoms with Crippen LogP contribution in [0.2, 0.25) is 0 Å². The van der Waals surface area contributed by atoms with Crippen LogP contribution in [-0.2, 0) is 10.2 Å². The Morgan fingerprint density at radius 3 is 2.32 bits per heavy atom. The first-order valence-corrected chi connectivity index (χ1v) is 14.0. The lowest BCUT2D eigenvalue weighted by molar-refractivity contribution is -0.128. The molecule has 2 aliphatic carbocycles. The van der Waals surface area contributed by atoms with Crippen LogP contribution in [-0.4, -0.2) is 27.9 Å². The van der Waals surface area contributed by atoms with E-state index in [1.54, 1.807) is 25.1 Å². The number of hydrogen-bond donors (Lipinski definition) is 1. The number of aryl methyl sites for hydroxylation is 1. The van der Waals surface area contributed by atoms with Gasteiger partial charge in [0.05, 0.1) is 5.41 Å². The van der Waals surface area contributed by atoms with Gasteiger partial charge in [0.25, 0.3) is 5.89 Å². The van der Waals surface area contributed by atoms with Crippen LogP contribution in [0, 0.1) is 12.8 Å². The van der Waals surface area contributed by atoms with Crippen molar-refractivity contribution in [1.82, 2.24) is 15.5 Å².